The highest BCUT2D eigenvalue weighted by atomic mass is 28.4. The highest BCUT2D eigenvalue weighted by Gasteiger charge is 2.55. The van der Waals surface area contributed by atoms with Gasteiger partial charge in [0.15, 0.2) is 6.29 Å². The highest BCUT2D eigenvalue weighted by molar-refractivity contribution is 6.99. The SMILES string of the molecule is COC1C[C@@H]2C[C@@H](C)C[C@]2(/C(=C/COc2ccccc2)CCCO[Si](c2ccccc2)(c2ccccc2)C(C)(C)C)O1. The summed E-state index contributed by atoms with van der Waals surface area (Å²) in [5, 5.41) is 2.60. The fourth-order valence-corrected chi connectivity index (χ4v) is 12.1. The quantitative estimate of drug-likeness (QED) is 0.125. The molecule has 224 valence electrons. The number of hydrogen-bond donors (Lipinski definition) is 0. The third-order valence-electron chi connectivity index (χ3n) is 9.27. The van der Waals surface area contributed by atoms with Crippen molar-refractivity contribution in [1.82, 2.24) is 0 Å². The molecule has 5 heteroatoms. The molecule has 5 rings (SSSR count). The van der Waals surface area contributed by atoms with Crippen LogP contribution >= 0.6 is 0 Å². The molecule has 1 saturated carbocycles. The normalized spacial score (nSPS) is 24.5. The monoisotopic (exact) mass is 584 g/mol. The Morgan fingerprint density at radius 1 is 0.905 bits per heavy atom. The van der Waals surface area contributed by atoms with Gasteiger partial charge in [-0.25, -0.2) is 0 Å². The van der Waals surface area contributed by atoms with E-state index in [1.165, 1.54) is 22.4 Å². The van der Waals surface area contributed by atoms with Gasteiger partial charge in [-0.1, -0.05) is 107 Å². The van der Waals surface area contributed by atoms with Crippen molar-refractivity contribution < 1.29 is 18.6 Å². The Morgan fingerprint density at radius 3 is 2.07 bits per heavy atom. The maximum absolute atomic E-state index is 7.24. The lowest BCUT2D eigenvalue weighted by Gasteiger charge is -2.43. The molecule has 42 heavy (non-hydrogen) atoms. The molecule has 4 nitrogen and oxygen atoms in total. The molecule has 0 amide bonds. The van der Waals surface area contributed by atoms with E-state index in [-0.39, 0.29) is 16.9 Å². The maximum atomic E-state index is 7.24. The topological polar surface area (TPSA) is 36.9 Å². The van der Waals surface area contributed by atoms with Gasteiger partial charge in [-0.3, -0.25) is 0 Å². The summed E-state index contributed by atoms with van der Waals surface area (Å²) in [5.74, 6) is 1.98. The van der Waals surface area contributed by atoms with Crippen molar-refractivity contribution in [2.24, 2.45) is 11.8 Å². The van der Waals surface area contributed by atoms with E-state index in [1.54, 1.807) is 7.11 Å². The van der Waals surface area contributed by atoms with Crippen LogP contribution in [0.4, 0.5) is 0 Å². The van der Waals surface area contributed by atoms with Crippen LogP contribution in [0.15, 0.2) is 103 Å². The molecule has 0 N–H and O–H groups in total. The Labute approximate surface area is 254 Å². The maximum Gasteiger partial charge on any atom is 0.261 e. The van der Waals surface area contributed by atoms with E-state index in [0.29, 0.717) is 25.0 Å². The number of rotatable bonds is 12. The van der Waals surface area contributed by atoms with E-state index >= 15 is 0 Å². The summed E-state index contributed by atoms with van der Waals surface area (Å²) in [7, 11) is -0.807. The van der Waals surface area contributed by atoms with Crippen LogP contribution in [0.3, 0.4) is 0 Å². The molecule has 1 saturated heterocycles. The Kier molecular flexibility index (Phi) is 9.73. The van der Waals surface area contributed by atoms with E-state index < -0.39 is 8.32 Å². The van der Waals surface area contributed by atoms with Gasteiger partial charge in [0.1, 0.15) is 12.4 Å². The Balaban J connectivity index is 1.39. The largest absolute Gasteiger partial charge is 0.490 e. The van der Waals surface area contributed by atoms with Gasteiger partial charge in [0.05, 0.1) is 5.60 Å². The number of hydrogen-bond acceptors (Lipinski definition) is 4. The van der Waals surface area contributed by atoms with Gasteiger partial charge < -0.3 is 18.6 Å². The van der Waals surface area contributed by atoms with Crippen molar-refractivity contribution in [2.45, 2.75) is 76.7 Å². The minimum Gasteiger partial charge on any atom is -0.490 e. The first-order valence-corrected chi connectivity index (χ1v) is 17.5. The molecule has 0 spiro atoms. The smallest absolute Gasteiger partial charge is 0.261 e. The summed E-state index contributed by atoms with van der Waals surface area (Å²) in [5.41, 5.74) is 1.07. The molecule has 1 aliphatic carbocycles. The molecule has 0 bridgehead atoms. The van der Waals surface area contributed by atoms with E-state index in [2.05, 4.69) is 94.4 Å². The van der Waals surface area contributed by atoms with E-state index in [1.807, 2.05) is 30.3 Å². The predicted molar refractivity (Wildman–Crippen MR) is 174 cm³/mol. The summed E-state index contributed by atoms with van der Waals surface area (Å²) in [4.78, 5) is 0. The Bertz CT molecular complexity index is 1250. The molecule has 1 unspecified atom stereocenters. The first-order valence-electron chi connectivity index (χ1n) is 15.6. The summed E-state index contributed by atoms with van der Waals surface area (Å²) in [6.07, 6.45) is 7.14. The fraction of sp³-hybridized carbons (Fsp3) is 0.459. The lowest BCUT2D eigenvalue weighted by Crippen LogP contribution is -2.66. The minimum atomic E-state index is -2.57. The zero-order valence-corrected chi connectivity index (χ0v) is 27.1. The van der Waals surface area contributed by atoms with Crippen LogP contribution in [0.2, 0.25) is 5.04 Å². The lowest BCUT2D eigenvalue weighted by molar-refractivity contribution is -0.146. The third kappa shape index (κ3) is 6.30. The van der Waals surface area contributed by atoms with Gasteiger partial charge in [-0.2, -0.15) is 0 Å². The molecule has 1 heterocycles. The number of methoxy groups -OCH3 is 1. The lowest BCUT2D eigenvalue weighted by atomic mass is 9.81. The van der Waals surface area contributed by atoms with Gasteiger partial charge in [0, 0.05) is 20.1 Å². The van der Waals surface area contributed by atoms with Gasteiger partial charge in [-0.05, 0) is 76.7 Å². The molecule has 3 aromatic rings. The van der Waals surface area contributed by atoms with Crippen molar-refractivity contribution in [3.8, 4) is 5.75 Å². The standard InChI is InChI=1S/C37H48O4Si/c1-29-26-31-27-35(38-5)41-37(31,28-29)30(23-25-39-32-17-9-6-10-18-32)16-15-24-40-42(36(2,3)4,33-19-11-7-12-20-33)34-21-13-8-14-22-34/h6-14,17-23,29,31,35H,15-16,24-28H2,1-5H3/b30-23+/t29-,31+,35?,37-/m1/s1. The van der Waals surface area contributed by atoms with Crippen LogP contribution in [0, 0.1) is 11.8 Å². The molecular formula is C37H48O4Si. The van der Waals surface area contributed by atoms with Crippen molar-refractivity contribution in [3.63, 3.8) is 0 Å². The van der Waals surface area contributed by atoms with Crippen molar-refractivity contribution >= 4 is 18.7 Å². The molecule has 0 radical (unpaired) electrons. The van der Waals surface area contributed by atoms with E-state index in [4.69, 9.17) is 18.6 Å². The zero-order chi connectivity index (χ0) is 29.6. The Morgan fingerprint density at radius 2 is 1.50 bits per heavy atom. The fourth-order valence-electron chi connectivity index (χ4n) is 7.49. The highest BCUT2D eigenvalue weighted by Crippen LogP contribution is 2.55. The van der Waals surface area contributed by atoms with Gasteiger partial charge in [0.2, 0.25) is 0 Å². The van der Waals surface area contributed by atoms with Crippen LogP contribution in [-0.4, -0.2) is 40.5 Å². The second-order valence-corrected chi connectivity index (χ2v) is 17.4. The number of fused-ring (bicyclic) bond motifs is 1. The molecule has 1 aliphatic heterocycles. The summed E-state index contributed by atoms with van der Waals surface area (Å²) in [6.45, 7) is 10.6. The van der Waals surface area contributed by atoms with Crippen LogP contribution in [0.25, 0.3) is 0 Å². The van der Waals surface area contributed by atoms with Crippen LogP contribution in [0.1, 0.15) is 59.8 Å². The third-order valence-corrected chi connectivity index (χ3v) is 14.3. The zero-order valence-electron chi connectivity index (χ0n) is 26.1. The Hall–Kier alpha value is -2.70. The van der Waals surface area contributed by atoms with Crippen LogP contribution in [-0.2, 0) is 13.9 Å². The van der Waals surface area contributed by atoms with E-state index in [0.717, 1.165) is 31.4 Å². The van der Waals surface area contributed by atoms with E-state index in [9.17, 15) is 0 Å². The van der Waals surface area contributed by atoms with Crippen molar-refractivity contribution in [1.29, 1.82) is 0 Å². The first kappa shape index (κ1) is 30.7. The second kappa shape index (κ2) is 13.3. The first-order chi connectivity index (χ1) is 20.3. The minimum absolute atomic E-state index is 0.0389. The van der Waals surface area contributed by atoms with Gasteiger partial charge in [0.25, 0.3) is 8.32 Å². The van der Waals surface area contributed by atoms with Crippen LogP contribution < -0.4 is 15.1 Å². The molecule has 3 aromatic carbocycles. The molecular weight excluding hydrogens is 536 g/mol. The molecule has 0 aromatic heterocycles. The molecule has 2 aliphatic rings. The van der Waals surface area contributed by atoms with Gasteiger partial charge in [-0.15, -0.1) is 0 Å². The number of benzene rings is 3. The average molecular weight is 585 g/mol. The van der Waals surface area contributed by atoms with Crippen LogP contribution in [0.5, 0.6) is 5.75 Å². The summed E-state index contributed by atoms with van der Waals surface area (Å²) < 4.78 is 25.9. The molecule has 4 atom stereocenters. The summed E-state index contributed by atoms with van der Waals surface area (Å²) in [6, 6.07) is 31.9. The van der Waals surface area contributed by atoms with Crippen molar-refractivity contribution in [2.75, 3.05) is 20.3 Å². The van der Waals surface area contributed by atoms with Crippen molar-refractivity contribution in [3.05, 3.63) is 103 Å². The average Bonchev–Trinajstić information content (AvgIpc) is 3.50. The second-order valence-electron chi connectivity index (χ2n) is 13.1. The number of ether oxygens (including phenoxy) is 3. The van der Waals surface area contributed by atoms with Gasteiger partial charge >= 0.3 is 0 Å². The number of para-hydroxylation sites is 1. The predicted octanol–water partition coefficient (Wildman–Crippen LogP) is 7.53. The summed E-state index contributed by atoms with van der Waals surface area (Å²) >= 11 is 0. The molecule has 2 fully saturated rings.